The molecule has 0 saturated carbocycles. The zero-order valence-corrected chi connectivity index (χ0v) is 14.2. The average molecular weight is 324 g/mol. The number of fused-ring (bicyclic) bond motifs is 1. The number of nitrogens with zero attached hydrogens (tertiary/aromatic N) is 3. The van der Waals surface area contributed by atoms with Gasteiger partial charge in [0.2, 0.25) is 0 Å². The van der Waals surface area contributed by atoms with Crippen molar-refractivity contribution in [3.8, 4) is 0 Å². The Balaban J connectivity index is 1.57. The molecule has 0 radical (unpaired) electrons. The number of hydrogen-bond acceptors (Lipinski definition) is 2. The lowest BCUT2D eigenvalue weighted by molar-refractivity contribution is 0.766. The van der Waals surface area contributed by atoms with Gasteiger partial charge in [-0.2, -0.15) is 5.10 Å². The van der Waals surface area contributed by atoms with E-state index in [1.807, 2.05) is 19.4 Å². The van der Waals surface area contributed by atoms with Gasteiger partial charge in [0.05, 0.1) is 12.7 Å². The molecule has 0 spiro atoms. The summed E-state index contributed by atoms with van der Waals surface area (Å²) in [4.78, 5) is 7.93. The van der Waals surface area contributed by atoms with Crippen LogP contribution in [0.15, 0.2) is 47.8 Å². The second kappa shape index (κ2) is 7.68. The van der Waals surface area contributed by atoms with E-state index >= 15 is 0 Å². The van der Waals surface area contributed by atoms with Crippen LogP contribution in [0.3, 0.4) is 0 Å². The number of nitrogens with one attached hydrogen (secondary N) is 3. The fourth-order valence-corrected chi connectivity index (χ4v) is 2.72. The van der Waals surface area contributed by atoms with Crippen molar-refractivity contribution in [2.24, 2.45) is 12.0 Å². The monoisotopic (exact) mass is 324 g/mol. The van der Waals surface area contributed by atoms with Crippen LogP contribution in [0.25, 0.3) is 10.9 Å². The molecule has 126 valence electrons. The molecule has 24 heavy (non-hydrogen) atoms. The van der Waals surface area contributed by atoms with E-state index in [0.717, 1.165) is 31.0 Å². The third-order valence-electron chi connectivity index (χ3n) is 3.88. The number of hydrogen-bond donors (Lipinski definition) is 3. The first-order chi connectivity index (χ1) is 11.8. The fourth-order valence-electron chi connectivity index (χ4n) is 2.72. The Hall–Kier alpha value is -2.76. The van der Waals surface area contributed by atoms with Crippen molar-refractivity contribution >= 4 is 16.9 Å². The number of H-pyrrole nitrogens is 1. The lowest BCUT2D eigenvalue weighted by Crippen LogP contribution is -2.38. The van der Waals surface area contributed by atoms with Gasteiger partial charge >= 0.3 is 0 Å². The summed E-state index contributed by atoms with van der Waals surface area (Å²) < 4.78 is 1.79. The van der Waals surface area contributed by atoms with Crippen molar-refractivity contribution < 1.29 is 0 Å². The zero-order chi connectivity index (χ0) is 16.8. The average Bonchev–Trinajstić information content (AvgIpc) is 3.19. The maximum Gasteiger partial charge on any atom is 0.191 e. The van der Waals surface area contributed by atoms with Crippen LogP contribution in [0.2, 0.25) is 0 Å². The Kier molecular flexibility index (Phi) is 5.15. The first-order valence-electron chi connectivity index (χ1n) is 8.31. The van der Waals surface area contributed by atoms with Crippen LogP contribution in [-0.2, 0) is 20.0 Å². The highest BCUT2D eigenvalue weighted by molar-refractivity contribution is 5.83. The molecule has 3 N–H and O–H groups in total. The predicted octanol–water partition coefficient (Wildman–Crippen LogP) is 2.20. The lowest BCUT2D eigenvalue weighted by atomic mass is 10.1. The van der Waals surface area contributed by atoms with E-state index in [1.54, 1.807) is 4.68 Å². The first kappa shape index (κ1) is 16.1. The van der Waals surface area contributed by atoms with Gasteiger partial charge in [0, 0.05) is 49.0 Å². The smallest absolute Gasteiger partial charge is 0.191 e. The molecule has 0 bridgehead atoms. The van der Waals surface area contributed by atoms with Crippen LogP contribution in [0, 0.1) is 0 Å². The molecule has 0 atom stereocenters. The maximum absolute atomic E-state index is 4.61. The molecule has 1 aromatic carbocycles. The second-order valence-corrected chi connectivity index (χ2v) is 5.75. The summed E-state index contributed by atoms with van der Waals surface area (Å²) in [5.74, 6) is 0.834. The van der Waals surface area contributed by atoms with Gasteiger partial charge in [-0.1, -0.05) is 18.2 Å². The Labute approximate surface area is 142 Å². The number of aromatic nitrogens is 3. The molecule has 0 aliphatic heterocycles. The fraction of sp³-hybridized carbons (Fsp3) is 0.333. The van der Waals surface area contributed by atoms with Crippen molar-refractivity contribution in [3.63, 3.8) is 0 Å². The van der Waals surface area contributed by atoms with E-state index in [1.165, 1.54) is 16.5 Å². The van der Waals surface area contributed by atoms with Crippen LogP contribution in [0.4, 0.5) is 0 Å². The number of aromatic amines is 1. The van der Waals surface area contributed by atoms with Gasteiger partial charge in [-0.15, -0.1) is 0 Å². The highest BCUT2D eigenvalue weighted by Gasteiger charge is 2.04. The van der Waals surface area contributed by atoms with Gasteiger partial charge in [-0.3, -0.25) is 4.68 Å². The minimum atomic E-state index is 0.621. The quantitative estimate of drug-likeness (QED) is 0.481. The zero-order valence-electron chi connectivity index (χ0n) is 14.2. The maximum atomic E-state index is 4.61. The number of guanidine groups is 1. The Bertz CT molecular complexity index is 814. The summed E-state index contributed by atoms with van der Waals surface area (Å²) in [7, 11) is 1.91. The summed E-state index contributed by atoms with van der Waals surface area (Å²) >= 11 is 0. The summed E-state index contributed by atoms with van der Waals surface area (Å²) in [5, 5.41) is 12.1. The summed E-state index contributed by atoms with van der Waals surface area (Å²) in [5.41, 5.74) is 3.61. The van der Waals surface area contributed by atoms with Crippen molar-refractivity contribution in [1.29, 1.82) is 0 Å². The number of aliphatic imine (C=N–C) groups is 1. The van der Waals surface area contributed by atoms with Crippen molar-refractivity contribution in [2.45, 2.75) is 19.9 Å². The Morgan fingerprint density at radius 1 is 1.29 bits per heavy atom. The molecule has 0 fully saturated rings. The molecular weight excluding hydrogens is 300 g/mol. The molecule has 6 nitrogen and oxygen atoms in total. The molecule has 0 saturated heterocycles. The third-order valence-corrected chi connectivity index (χ3v) is 3.88. The van der Waals surface area contributed by atoms with Crippen LogP contribution < -0.4 is 10.6 Å². The van der Waals surface area contributed by atoms with Gasteiger partial charge in [-0.05, 0) is 25.0 Å². The van der Waals surface area contributed by atoms with E-state index in [4.69, 9.17) is 0 Å². The van der Waals surface area contributed by atoms with Crippen LogP contribution in [0.1, 0.15) is 18.1 Å². The molecule has 0 aliphatic rings. The summed E-state index contributed by atoms with van der Waals surface area (Å²) in [6.45, 7) is 4.36. The number of benzene rings is 1. The molecule has 2 aromatic heterocycles. The highest BCUT2D eigenvalue weighted by Crippen LogP contribution is 2.17. The number of rotatable bonds is 6. The molecule has 0 amide bonds. The van der Waals surface area contributed by atoms with E-state index < -0.39 is 0 Å². The summed E-state index contributed by atoms with van der Waals surface area (Å²) in [6.07, 6.45) is 6.87. The predicted molar refractivity (Wildman–Crippen MR) is 98.0 cm³/mol. The van der Waals surface area contributed by atoms with E-state index in [0.29, 0.717) is 6.54 Å². The number of aryl methyl sites for hydroxylation is 1. The van der Waals surface area contributed by atoms with Gasteiger partial charge in [0.25, 0.3) is 0 Å². The normalized spacial score (nSPS) is 11.8. The minimum Gasteiger partial charge on any atom is -0.361 e. The van der Waals surface area contributed by atoms with Crippen LogP contribution >= 0.6 is 0 Å². The molecule has 6 heteroatoms. The van der Waals surface area contributed by atoms with Gasteiger partial charge < -0.3 is 15.6 Å². The molecule has 3 aromatic rings. The molecule has 3 rings (SSSR count). The van der Waals surface area contributed by atoms with Gasteiger partial charge in [-0.25, -0.2) is 4.99 Å². The van der Waals surface area contributed by atoms with E-state index in [2.05, 4.69) is 63.1 Å². The van der Waals surface area contributed by atoms with Crippen LogP contribution in [-0.4, -0.2) is 33.8 Å². The third kappa shape index (κ3) is 3.95. The van der Waals surface area contributed by atoms with Crippen molar-refractivity contribution in [2.75, 3.05) is 13.1 Å². The molecule has 0 aliphatic carbocycles. The van der Waals surface area contributed by atoms with E-state index in [9.17, 15) is 0 Å². The highest BCUT2D eigenvalue weighted by atomic mass is 15.2. The first-order valence-corrected chi connectivity index (χ1v) is 8.31. The molecule has 0 unspecified atom stereocenters. The van der Waals surface area contributed by atoms with Gasteiger partial charge in [0.1, 0.15) is 0 Å². The van der Waals surface area contributed by atoms with Crippen molar-refractivity contribution in [1.82, 2.24) is 25.4 Å². The molecule has 2 heterocycles. The topological polar surface area (TPSA) is 70.0 Å². The second-order valence-electron chi connectivity index (χ2n) is 5.75. The van der Waals surface area contributed by atoms with Gasteiger partial charge in [0.15, 0.2) is 5.96 Å². The number of para-hydroxylation sites is 1. The minimum absolute atomic E-state index is 0.621. The van der Waals surface area contributed by atoms with Crippen molar-refractivity contribution in [3.05, 3.63) is 54.0 Å². The standard InChI is InChI=1S/C18H24N6/c1-3-19-18(22-10-14-11-23-24(2)13-14)20-9-8-15-12-21-17-7-5-4-6-16(15)17/h4-7,11-13,21H,3,8-10H2,1-2H3,(H2,19,20,22). The largest absolute Gasteiger partial charge is 0.361 e. The Morgan fingerprint density at radius 2 is 2.17 bits per heavy atom. The SMILES string of the molecule is CCNC(=NCc1cnn(C)c1)NCCc1c[nH]c2ccccc12. The van der Waals surface area contributed by atoms with E-state index in [-0.39, 0.29) is 0 Å². The molecular formula is C18H24N6. The summed E-state index contributed by atoms with van der Waals surface area (Å²) in [6, 6.07) is 8.39. The lowest BCUT2D eigenvalue weighted by Gasteiger charge is -2.10. The Morgan fingerprint density at radius 3 is 2.96 bits per heavy atom. The van der Waals surface area contributed by atoms with Crippen LogP contribution in [0.5, 0.6) is 0 Å².